The highest BCUT2D eigenvalue weighted by atomic mass is 32.1. The number of methoxy groups -OCH3 is 1. The number of carbonyl (C=O) groups excluding carboxylic acids is 1. The van der Waals surface area contributed by atoms with Crippen LogP contribution in [-0.2, 0) is 11.4 Å². The summed E-state index contributed by atoms with van der Waals surface area (Å²) in [7, 11) is 1.52. The lowest BCUT2D eigenvalue weighted by Gasteiger charge is -2.11. The van der Waals surface area contributed by atoms with Crippen molar-refractivity contribution in [3.05, 3.63) is 81.8 Å². The van der Waals surface area contributed by atoms with Crippen molar-refractivity contribution in [2.45, 2.75) is 6.61 Å². The lowest BCUT2D eigenvalue weighted by molar-refractivity contribution is -0.112. The molecule has 0 saturated heterocycles. The van der Waals surface area contributed by atoms with Gasteiger partial charge in [0.15, 0.2) is 11.5 Å². The highest BCUT2D eigenvalue weighted by Gasteiger charge is 2.11. The van der Waals surface area contributed by atoms with E-state index in [-0.39, 0.29) is 5.57 Å². The predicted molar refractivity (Wildman–Crippen MR) is 110 cm³/mol. The standard InChI is InChI=1S/C22H17FN2O3S/c1-27-21-12-15(4-9-20(21)28-14-19-3-2-10-29-19)11-16(13-24)22(26)25-18-7-5-17(23)6-8-18/h2-12H,14H2,1H3,(H,25,26)/b16-11+. The second-order valence-electron chi connectivity index (χ2n) is 5.91. The van der Waals surface area contributed by atoms with Gasteiger partial charge >= 0.3 is 0 Å². The molecule has 146 valence electrons. The van der Waals surface area contributed by atoms with Gasteiger partial charge in [-0.05, 0) is 59.5 Å². The zero-order valence-electron chi connectivity index (χ0n) is 15.5. The lowest BCUT2D eigenvalue weighted by atomic mass is 10.1. The highest BCUT2D eigenvalue weighted by molar-refractivity contribution is 7.09. The minimum absolute atomic E-state index is 0.0939. The smallest absolute Gasteiger partial charge is 0.266 e. The number of benzene rings is 2. The van der Waals surface area contributed by atoms with Crippen molar-refractivity contribution in [1.82, 2.24) is 0 Å². The summed E-state index contributed by atoms with van der Waals surface area (Å²) in [5.74, 6) is 0.0579. The molecule has 1 N–H and O–H groups in total. The van der Waals surface area contributed by atoms with Crippen LogP contribution in [0.1, 0.15) is 10.4 Å². The van der Waals surface area contributed by atoms with Gasteiger partial charge in [-0.15, -0.1) is 11.3 Å². The van der Waals surface area contributed by atoms with E-state index in [1.54, 1.807) is 29.5 Å². The van der Waals surface area contributed by atoms with Crippen LogP contribution in [0.15, 0.2) is 65.6 Å². The third-order valence-electron chi connectivity index (χ3n) is 3.92. The number of rotatable bonds is 7. The molecule has 1 aromatic heterocycles. The molecule has 0 spiro atoms. The molecule has 5 nitrogen and oxygen atoms in total. The summed E-state index contributed by atoms with van der Waals surface area (Å²) < 4.78 is 24.1. The van der Waals surface area contributed by atoms with Gasteiger partial charge in [-0.25, -0.2) is 4.39 Å². The van der Waals surface area contributed by atoms with Gasteiger partial charge in [-0.1, -0.05) is 12.1 Å². The first kappa shape index (κ1) is 20.1. The molecule has 1 heterocycles. The Morgan fingerprint density at radius 1 is 1.21 bits per heavy atom. The van der Waals surface area contributed by atoms with Gasteiger partial charge < -0.3 is 14.8 Å². The van der Waals surface area contributed by atoms with E-state index in [2.05, 4.69) is 5.32 Å². The van der Waals surface area contributed by atoms with E-state index in [0.29, 0.717) is 29.4 Å². The first-order chi connectivity index (χ1) is 14.1. The molecule has 0 saturated carbocycles. The van der Waals surface area contributed by atoms with Crippen molar-refractivity contribution >= 4 is 29.0 Å². The number of ether oxygens (including phenoxy) is 2. The normalized spacial score (nSPS) is 10.9. The van der Waals surface area contributed by atoms with Gasteiger partial charge in [-0.3, -0.25) is 4.79 Å². The van der Waals surface area contributed by atoms with Crippen molar-refractivity contribution in [2.75, 3.05) is 12.4 Å². The van der Waals surface area contributed by atoms with Crippen molar-refractivity contribution in [3.63, 3.8) is 0 Å². The highest BCUT2D eigenvalue weighted by Crippen LogP contribution is 2.30. The number of anilines is 1. The zero-order valence-corrected chi connectivity index (χ0v) is 16.3. The maximum atomic E-state index is 13.0. The summed E-state index contributed by atoms with van der Waals surface area (Å²) in [6, 6.07) is 16.3. The lowest BCUT2D eigenvalue weighted by Crippen LogP contribution is -2.13. The van der Waals surface area contributed by atoms with Crippen LogP contribution in [0.2, 0.25) is 0 Å². The van der Waals surface area contributed by atoms with Gasteiger partial charge in [0.05, 0.1) is 7.11 Å². The molecule has 1 amide bonds. The summed E-state index contributed by atoms with van der Waals surface area (Å²) in [6.07, 6.45) is 1.45. The average molecular weight is 408 g/mol. The van der Waals surface area contributed by atoms with Gasteiger partial charge in [0.1, 0.15) is 24.1 Å². The number of halogens is 1. The average Bonchev–Trinajstić information content (AvgIpc) is 3.26. The molecule has 7 heteroatoms. The van der Waals surface area contributed by atoms with E-state index >= 15 is 0 Å². The van der Waals surface area contributed by atoms with Crippen LogP contribution < -0.4 is 14.8 Å². The van der Waals surface area contributed by atoms with E-state index in [1.807, 2.05) is 23.6 Å². The summed E-state index contributed by atoms with van der Waals surface area (Å²) in [4.78, 5) is 13.4. The van der Waals surface area contributed by atoms with Crippen LogP contribution in [0, 0.1) is 17.1 Å². The van der Waals surface area contributed by atoms with E-state index in [9.17, 15) is 14.4 Å². The fraction of sp³-hybridized carbons (Fsp3) is 0.0909. The number of carbonyl (C=O) groups is 1. The number of thiophene rings is 1. The molecule has 0 radical (unpaired) electrons. The first-order valence-corrected chi connectivity index (χ1v) is 9.49. The Hall–Kier alpha value is -3.63. The summed E-state index contributed by atoms with van der Waals surface area (Å²) in [5.41, 5.74) is 0.909. The van der Waals surface area contributed by atoms with Crippen LogP contribution in [0.5, 0.6) is 11.5 Å². The largest absolute Gasteiger partial charge is 0.493 e. The van der Waals surface area contributed by atoms with Crippen molar-refractivity contribution in [2.24, 2.45) is 0 Å². The predicted octanol–water partition coefficient (Wildman–Crippen LogP) is 5.02. The molecule has 0 bridgehead atoms. The van der Waals surface area contributed by atoms with Gasteiger partial charge in [-0.2, -0.15) is 5.26 Å². The minimum atomic E-state index is -0.587. The van der Waals surface area contributed by atoms with E-state index in [1.165, 1.54) is 37.5 Å². The Bertz CT molecular complexity index is 1050. The number of nitriles is 1. The van der Waals surface area contributed by atoms with Crippen LogP contribution in [0.3, 0.4) is 0 Å². The number of amides is 1. The molecule has 0 aliphatic carbocycles. The van der Waals surface area contributed by atoms with Gasteiger partial charge in [0.2, 0.25) is 0 Å². The monoisotopic (exact) mass is 408 g/mol. The second kappa shape index (κ2) is 9.53. The topological polar surface area (TPSA) is 71.3 Å². The fourth-order valence-corrected chi connectivity index (χ4v) is 3.10. The second-order valence-corrected chi connectivity index (χ2v) is 6.94. The number of hydrogen-bond acceptors (Lipinski definition) is 5. The Labute approximate surface area is 171 Å². The van der Waals surface area contributed by atoms with E-state index in [4.69, 9.17) is 9.47 Å². The molecule has 3 aromatic rings. The third-order valence-corrected chi connectivity index (χ3v) is 4.77. The molecule has 0 aliphatic rings. The Morgan fingerprint density at radius 3 is 2.66 bits per heavy atom. The molecular formula is C22H17FN2O3S. The number of nitrogens with zero attached hydrogens (tertiary/aromatic N) is 1. The molecule has 29 heavy (non-hydrogen) atoms. The molecule has 0 aliphatic heterocycles. The number of hydrogen-bond donors (Lipinski definition) is 1. The molecule has 0 atom stereocenters. The van der Waals surface area contributed by atoms with Crippen molar-refractivity contribution in [3.8, 4) is 17.6 Å². The Morgan fingerprint density at radius 2 is 2.00 bits per heavy atom. The van der Waals surface area contributed by atoms with E-state index < -0.39 is 11.7 Å². The van der Waals surface area contributed by atoms with Crippen LogP contribution in [0.4, 0.5) is 10.1 Å². The maximum absolute atomic E-state index is 13.0. The van der Waals surface area contributed by atoms with Crippen molar-refractivity contribution < 1.29 is 18.7 Å². The minimum Gasteiger partial charge on any atom is -0.493 e. The quantitative estimate of drug-likeness (QED) is 0.440. The summed E-state index contributed by atoms with van der Waals surface area (Å²) in [5, 5.41) is 13.9. The summed E-state index contributed by atoms with van der Waals surface area (Å²) in [6.45, 7) is 0.423. The molecule has 0 fully saturated rings. The maximum Gasteiger partial charge on any atom is 0.266 e. The van der Waals surface area contributed by atoms with Crippen LogP contribution >= 0.6 is 11.3 Å². The van der Waals surface area contributed by atoms with Gasteiger partial charge in [0, 0.05) is 10.6 Å². The molecule has 2 aromatic carbocycles. The molecule has 0 unspecified atom stereocenters. The Kier molecular flexibility index (Phi) is 6.61. The molecule has 3 rings (SSSR count). The Balaban J connectivity index is 1.75. The van der Waals surface area contributed by atoms with E-state index in [0.717, 1.165) is 4.88 Å². The molecular weight excluding hydrogens is 391 g/mol. The SMILES string of the molecule is COc1cc(/C=C(\C#N)C(=O)Nc2ccc(F)cc2)ccc1OCc1cccs1. The third kappa shape index (κ3) is 5.43. The number of nitrogens with one attached hydrogen (secondary N) is 1. The first-order valence-electron chi connectivity index (χ1n) is 8.61. The zero-order chi connectivity index (χ0) is 20.6. The van der Waals surface area contributed by atoms with Crippen LogP contribution in [0.25, 0.3) is 6.08 Å². The summed E-state index contributed by atoms with van der Waals surface area (Å²) >= 11 is 1.60. The van der Waals surface area contributed by atoms with Crippen molar-refractivity contribution in [1.29, 1.82) is 5.26 Å². The fourth-order valence-electron chi connectivity index (χ4n) is 2.48. The van der Waals surface area contributed by atoms with Crippen LogP contribution in [-0.4, -0.2) is 13.0 Å². The van der Waals surface area contributed by atoms with Gasteiger partial charge in [0.25, 0.3) is 5.91 Å².